The third-order valence-corrected chi connectivity index (χ3v) is 5.93. The van der Waals surface area contributed by atoms with Gasteiger partial charge in [0.1, 0.15) is 5.75 Å². The highest BCUT2D eigenvalue weighted by Gasteiger charge is 2.24. The average Bonchev–Trinajstić information content (AvgIpc) is 2.88. The number of hydrogen-bond donors (Lipinski definition) is 0. The number of carbonyl (C=O) groups is 1. The lowest BCUT2D eigenvalue weighted by atomic mass is 10.0. The van der Waals surface area contributed by atoms with Crippen LogP contribution in [-0.2, 0) is 0 Å². The molecule has 0 atom stereocenters. The van der Waals surface area contributed by atoms with E-state index in [-0.39, 0.29) is 5.91 Å². The Morgan fingerprint density at radius 2 is 1.62 bits per heavy atom. The van der Waals surface area contributed by atoms with Gasteiger partial charge < -0.3 is 14.5 Å². The molecule has 160 valence electrons. The number of piperazine rings is 1. The Morgan fingerprint density at radius 3 is 2.34 bits per heavy atom. The molecular weight excluding hydrogens is 400 g/mol. The van der Waals surface area contributed by atoms with Gasteiger partial charge in [-0.15, -0.1) is 0 Å². The van der Waals surface area contributed by atoms with Crippen LogP contribution in [0.15, 0.2) is 79.1 Å². The minimum absolute atomic E-state index is 0.0493. The maximum Gasteiger partial charge on any atom is 0.254 e. The van der Waals surface area contributed by atoms with Gasteiger partial charge in [0.2, 0.25) is 0 Å². The first-order valence-corrected chi connectivity index (χ1v) is 10.7. The molecular formula is C26H24N4O2. The molecule has 1 aliphatic heterocycles. The van der Waals surface area contributed by atoms with Crippen molar-refractivity contribution in [3.8, 4) is 17.0 Å². The number of hydrogen-bond acceptors (Lipinski definition) is 5. The molecule has 3 heterocycles. The van der Waals surface area contributed by atoms with Crippen LogP contribution in [0.25, 0.3) is 22.2 Å². The minimum atomic E-state index is 0.0493. The molecule has 0 saturated carbocycles. The topological polar surface area (TPSA) is 58.6 Å². The molecule has 2 aromatic carbocycles. The summed E-state index contributed by atoms with van der Waals surface area (Å²) in [6.45, 7) is 2.93. The van der Waals surface area contributed by atoms with Crippen molar-refractivity contribution in [2.45, 2.75) is 0 Å². The molecule has 1 fully saturated rings. The second-order valence-corrected chi connectivity index (χ2v) is 7.79. The summed E-state index contributed by atoms with van der Waals surface area (Å²) in [5.74, 6) is 0.894. The maximum atomic E-state index is 13.6. The first kappa shape index (κ1) is 20.0. The van der Waals surface area contributed by atoms with Crippen molar-refractivity contribution in [3.05, 3.63) is 84.7 Å². The number of rotatable bonds is 4. The molecule has 0 N–H and O–H groups in total. The number of fused-ring (bicyclic) bond motifs is 1. The molecule has 0 aliphatic carbocycles. The van der Waals surface area contributed by atoms with Crippen molar-refractivity contribution in [1.82, 2.24) is 14.9 Å². The fourth-order valence-electron chi connectivity index (χ4n) is 4.15. The molecule has 0 bridgehead atoms. The lowest BCUT2D eigenvalue weighted by Crippen LogP contribution is -2.48. The van der Waals surface area contributed by atoms with Crippen molar-refractivity contribution in [2.24, 2.45) is 0 Å². The van der Waals surface area contributed by atoms with E-state index in [4.69, 9.17) is 9.72 Å². The highest BCUT2D eigenvalue weighted by molar-refractivity contribution is 6.07. The van der Waals surface area contributed by atoms with Crippen LogP contribution in [0.5, 0.6) is 5.75 Å². The summed E-state index contributed by atoms with van der Waals surface area (Å²) >= 11 is 0. The van der Waals surface area contributed by atoms with Crippen LogP contribution >= 0.6 is 0 Å². The summed E-state index contributed by atoms with van der Waals surface area (Å²) < 4.78 is 5.25. The van der Waals surface area contributed by atoms with Crippen molar-refractivity contribution in [1.29, 1.82) is 0 Å². The van der Waals surface area contributed by atoms with Gasteiger partial charge in [-0.2, -0.15) is 0 Å². The standard InChI is InChI=1S/C26H24N4O2/c1-32-21-8-6-20(7-9-21)29-14-16-30(17-15-29)26(31)23-18-25(19-10-12-27-13-11-19)28-24-5-3-2-4-22(23)24/h2-13,18H,14-17H2,1H3. The summed E-state index contributed by atoms with van der Waals surface area (Å²) in [6, 6.07) is 21.6. The molecule has 1 aliphatic rings. The van der Waals surface area contributed by atoms with Crippen molar-refractivity contribution in [2.75, 3.05) is 38.2 Å². The van der Waals surface area contributed by atoms with Crippen LogP contribution in [0.4, 0.5) is 5.69 Å². The average molecular weight is 425 g/mol. The van der Waals surface area contributed by atoms with E-state index < -0.39 is 0 Å². The van der Waals surface area contributed by atoms with E-state index in [0.29, 0.717) is 18.7 Å². The summed E-state index contributed by atoms with van der Waals surface area (Å²) in [7, 11) is 1.67. The molecule has 4 aromatic rings. The largest absolute Gasteiger partial charge is 0.497 e. The number of pyridine rings is 2. The lowest BCUT2D eigenvalue weighted by Gasteiger charge is -2.36. The first-order valence-electron chi connectivity index (χ1n) is 10.7. The van der Waals surface area contributed by atoms with E-state index in [1.807, 2.05) is 59.5 Å². The molecule has 2 aromatic heterocycles. The van der Waals surface area contributed by atoms with Gasteiger partial charge in [-0.1, -0.05) is 18.2 Å². The Labute approximate surface area is 187 Å². The molecule has 0 unspecified atom stereocenters. The number of anilines is 1. The number of nitrogens with zero attached hydrogens (tertiary/aromatic N) is 4. The van der Waals surface area contributed by atoms with Crippen LogP contribution < -0.4 is 9.64 Å². The molecule has 1 amide bonds. The van der Waals surface area contributed by atoms with Crippen LogP contribution in [0.3, 0.4) is 0 Å². The van der Waals surface area contributed by atoms with Crippen LogP contribution in [0.1, 0.15) is 10.4 Å². The third kappa shape index (κ3) is 3.87. The summed E-state index contributed by atoms with van der Waals surface area (Å²) in [6.07, 6.45) is 3.48. The first-order chi connectivity index (χ1) is 15.7. The van der Waals surface area contributed by atoms with E-state index in [2.05, 4.69) is 22.0 Å². The lowest BCUT2D eigenvalue weighted by molar-refractivity contribution is 0.0748. The molecule has 6 nitrogen and oxygen atoms in total. The molecule has 0 spiro atoms. The van der Waals surface area contributed by atoms with Gasteiger partial charge in [0.25, 0.3) is 5.91 Å². The van der Waals surface area contributed by atoms with Gasteiger partial charge in [-0.3, -0.25) is 9.78 Å². The van der Waals surface area contributed by atoms with Crippen LogP contribution in [-0.4, -0.2) is 54.1 Å². The summed E-state index contributed by atoms with van der Waals surface area (Å²) in [5.41, 5.74) is 4.39. The molecule has 5 rings (SSSR count). The fourth-order valence-corrected chi connectivity index (χ4v) is 4.15. The predicted molar refractivity (Wildman–Crippen MR) is 126 cm³/mol. The monoisotopic (exact) mass is 424 g/mol. The Morgan fingerprint density at radius 1 is 0.906 bits per heavy atom. The molecule has 0 radical (unpaired) electrons. The zero-order valence-electron chi connectivity index (χ0n) is 17.9. The van der Waals surface area contributed by atoms with Gasteiger partial charge in [-0.05, 0) is 48.5 Å². The predicted octanol–water partition coefficient (Wildman–Crippen LogP) is 4.27. The number of methoxy groups -OCH3 is 1. The highest BCUT2D eigenvalue weighted by Crippen LogP contribution is 2.27. The van der Waals surface area contributed by atoms with Crippen molar-refractivity contribution >= 4 is 22.5 Å². The Bertz CT molecular complexity index is 1230. The molecule has 6 heteroatoms. The van der Waals surface area contributed by atoms with E-state index in [1.54, 1.807) is 19.5 Å². The summed E-state index contributed by atoms with van der Waals surface area (Å²) in [5, 5.41) is 0.882. The minimum Gasteiger partial charge on any atom is -0.497 e. The maximum absolute atomic E-state index is 13.6. The van der Waals surface area contributed by atoms with Gasteiger partial charge in [0.15, 0.2) is 0 Å². The highest BCUT2D eigenvalue weighted by atomic mass is 16.5. The van der Waals surface area contributed by atoms with E-state index in [1.165, 1.54) is 0 Å². The smallest absolute Gasteiger partial charge is 0.254 e. The number of benzene rings is 2. The quantitative estimate of drug-likeness (QED) is 0.490. The van der Waals surface area contributed by atoms with Crippen LogP contribution in [0.2, 0.25) is 0 Å². The van der Waals surface area contributed by atoms with E-state index in [9.17, 15) is 4.79 Å². The number of ether oxygens (including phenoxy) is 1. The van der Waals surface area contributed by atoms with E-state index in [0.717, 1.165) is 46.7 Å². The number of amides is 1. The van der Waals surface area contributed by atoms with Gasteiger partial charge in [0.05, 0.1) is 23.9 Å². The Kier molecular flexibility index (Phi) is 5.42. The third-order valence-electron chi connectivity index (χ3n) is 5.93. The second-order valence-electron chi connectivity index (χ2n) is 7.79. The number of carbonyl (C=O) groups excluding carboxylic acids is 1. The fraction of sp³-hybridized carbons (Fsp3) is 0.192. The Balaban J connectivity index is 1.40. The van der Waals surface area contributed by atoms with Crippen LogP contribution in [0, 0.1) is 0 Å². The number of para-hydroxylation sites is 1. The SMILES string of the molecule is COc1ccc(N2CCN(C(=O)c3cc(-c4ccncc4)nc4ccccc34)CC2)cc1. The van der Waals surface area contributed by atoms with Crippen molar-refractivity contribution in [3.63, 3.8) is 0 Å². The van der Waals surface area contributed by atoms with Crippen molar-refractivity contribution < 1.29 is 9.53 Å². The number of aromatic nitrogens is 2. The second kappa shape index (κ2) is 8.67. The normalized spacial score (nSPS) is 13.9. The van der Waals surface area contributed by atoms with Gasteiger partial charge >= 0.3 is 0 Å². The zero-order chi connectivity index (χ0) is 21.9. The van der Waals surface area contributed by atoms with E-state index >= 15 is 0 Å². The van der Waals surface area contributed by atoms with Gasteiger partial charge in [0, 0.05) is 55.2 Å². The molecule has 32 heavy (non-hydrogen) atoms. The summed E-state index contributed by atoms with van der Waals surface area (Å²) in [4.78, 5) is 26.7. The zero-order valence-corrected chi connectivity index (χ0v) is 17.9. The van der Waals surface area contributed by atoms with Gasteiger partial charge in [-0.25, -0.2) is 4.98 Å². The Hall–Kier alpha value is -3.93. The molecule has 1 saturated heterocycles.